The second kappa shape index (κ2) is 10.3. The Hall–Kier alpha value is -4.11. The Morgan fingerprint density at radius 3 is 1.47 bits per heavy atom. The monoisotopic (exact) mass is 429 g/mol. The molecule has 1 atom stereocenters. The molecule has 1 aliphatic rings. The summed E-state index contributed by atoms with van der Waals surface area (Å²) >= 11 is 0. The van der Waals surface area contributed by atoms with Crippen LogP contribution in [0, 0.1) is 5.53 Å². The second-order valence-corrected chi connectivity index (χ2v) is 9.99. The summed E-state index contributed by atoms with van der Waals surface area (Å²) in [4.78, 5) is 1.75. The number of rotatable bonds is 4. The Labute approximate surface area is 190 Å². The minimum Gasteiger partial charge on any atom is -0.108 e. The third-order valence-corrected chi connectivity index (χ3v) is 8.59. The molecule has 0 saturated carbocycles. The van der Waals surface area contributed by atoms with Gasteiger partial charge in [-0.15, -0.1) is 5.53 Å². The molecular weight excluding hydrogens is 406 g/mol. The smallest absolute Gasteiger partial charge is 0.108 e. The van der Waals surface area contributed by atoms with Crippen LogP contribution >= 0.6 is 0 Å². The fourth-order valence-corrected chi connectivity index (χ4v) is 7.48. The maximum atomic E-state index is 6.86. The van der Waals surface area contributed by atoms with Gasteiger partial charge in [0.25, 0.3) is 0 Å². The Morgan fingerprint density at radius 2 is 0.969 bits per heavy atom. The SMILES string of the molecule is C1=C(c2ccccc2)C(c2ccccc2)=C(c2ccccc2)[SiH]1c1ccccc1.[N-]=[N+]=N. The predicted octanol–water partition coefficient (Wildman–Crippen LogP) is 6.78. The van der Waals surface area contributed by atoms with Crippen LogP contribution in [0.15, 0.2) is 127 Å². The van der Waals surface area contributed by atoms with Gasteiger partial charge >= 0.3 is 0 Å². The van der Waals surface area contributed by atoms with Crippen LogP contribution in [0.1, 0.15) is 16.7 Å². The van der Waals surface area contributed by atoms with Crippen molar-refractivity contribution in [3.8, 4) is 0 Å². The molecule has 1 N–H and O–H groups in total. The Bertz CT molecular complexity index is 1260. The van der Waals surface area contributed by atoms with Crippen LogP contribution in [0.3, 0.4) is 0 Å². The fourth-order valence-electron chi connectivity index (χ4n) is 4.27. The molecule has 4 aromatic rings. The van der Waals surface area contributed by atoms with Crippen molar-refractivity contribution in [3.05, 3.63) is 154 Å². The van der Waals surface area contributed by atoms with E-state index in [9.17, 15) is 0 Å². The van der Waals surface area contributed by atoms with E-state index in [2.05, 4.69) is 127 Å². The number of nitrogens with zero attached hydrogens (tertiary/aromatic N) is 2. The van der Waals surface area contributed by atoms with Crippen LogP contribution in [-0.4, -0.2) is 8.80 Å². The third kappa shape index (κ3) is 4.47. The van der Waals surface area contributed by atoms with E-state index >= 15 is 0 Å². The van der Waals surface area contributed by atoms with Crippen molar-refractivity contribution in [2.24, 2.45) is 0 Å². The first-order valence-corrected chi connectivity index (χ1v) is 12.3. The summed E-state index contributed by atoms with van der Waals surface area (Å²) in [6.45, 7) is 0. The molecule has 0 aromatic heterocycles. The van der Waals surface area contributed by atoms with Gasteiger partial charge in [-0.25, -0.2) is 0 Å². The molecule has 4 aromatic carbocycles. The van der Waals surface area contributed by atoms with Gasteiger partial charge in [0.1, 0.15) is 8.80 Å². The first-order valence-electron chi connectivity index (χ1n) is 10.5. The zero-order valence-electron chi connectivity index (χ0n) is 17.6. The highest BCUT2D eigenvalue weighted by Crippen LogP contribution is 2.43. The standard InChI is InChI=1S/C28H22Si.HN3/c1-5-13-22(14-6-1)26-21-29(25-19-11-4-12-20-25)28(24-17-9-3-10-18-24)27(26)23-15-7-2-8-16-23;1-3-2/h1-21,29H;1H. The van der Waals surface area contributed by atoms with E-state index in [-0.39, 0.29) is 0 Å². The third-order valence-electron chi connectivity index (χ3n) is 5.57. The molecule has 0 spiro atoms. The lowest BCUT2D eigenvalue weighted by atomic mass is 9.92. The molecule has 0 bridgehead atoms. The molecule has 0 fully saturated rings. The average molecular weight is 430 g/mol. The minimum atomic E-state index is -1.52. The molecule has 3 nitrogen and oxygen atoms in total. The lowest BCUT2D eigenvalue weighted by Gasteiger charge is -2.17. The number of nitrogens with one attached hydrogen (secondary N) is 1. The topological polar surface area (TPSA) is 60.3 Å². The molecule has 154 valence electrons. The van der Waals surface area contributed by atoms with E-state index in [1.54, 1.807) is 4.91 Å². The van der Waals surface area contributed by atoms with Crippen molar-refractivity contribution in [1.29, 1.82) is 5.53 Å². The molecule has 0 saturated heterocycles. The van der Waals surface area contributed by atoms with E-state index in [0.29, 0.717) is 0 Å². The zero-order valence-corrected chi connectivity index (χ0v) is 18.8. The van der Waals surface area contributed by atoms with Crippen molar-refractivity contribution in [2.45, 2.75) is 0 Å². The predicted molar refractivity (Wildman–Crippen MR) is 137 cm³/mol. The van der Waals surface area contributed by atoms with Crippen LogP contribution in [0.2, 0.25) is 0 Å². The molecule has 0 radical (unpaired) electrons. The van der Waals surface area contributed by atoms with Crippen LogP contribution in [0.25, 0.3) is 26.8 Å². The van der Waals surface area contributed by atoms with Gasteiger partial charge in [-0.3, -0.25) is 0 Å². The number of allylic oxidation sites excluding steroid dienone is 2. The van der Waals surface area contributed by atoms with E-state index in [0.717, 1.165) is 0 Å². The molecule has 1 heterocycles. The Balaban J connectivity index is 0.000000775. The first kappa shape index (κ1) is 21.1. The Kier molecular flexibility index (Phi) is 6.78. The molecule has 0 aliphatic carbocycles. The summed E-state index contributed by atoms with van der Waals surface area (Å²) in [6, 6.07) is 43.7. The highest BCUT2D eigenvalue weighted by molar-refractivity contribution is 6.98. The quantitative estimate of drug-likeness (QED) is 0.161. The van der Waals surface area contributed by atoms with Gasteiger partial charge in [0.15, 0.2) is 0 Å². The molecule has 5 rings (SSSR count). The summed E-state index contributed by atoms with van der Waals surface area (Å²) < 4.78 is 0. The van der Waals surface area contributed by atoms with Gasteiger partial charge in [-0.2, -0.15) is 0 Å². The van der Waals surface area contributed by atoms with E-state index in [1.165, 1.54) is 38.2 Å². The van der Waals surface area contributed by atoms with E-state index < -0.39 is 8.80 Å². The van der Waals surface area contributed by atoms with Gasteiger partial charge in [0.2, 0.25) is 0 Å². The minimum absolute atomic E-state index is 1.30. The maximum Gasteiger partial charge on any atom is 0.127 e. The summed E-state index contributed by atoms with van der Waals surface area (Å²) in [5.74, 6) is 0. The highest BCUT2D eigenvalue weighted by Gasteiger charge is 2.31. The Morgan fingerprint density at radius 1 is 0.562 bits per heavy atom. The molecule has 4 heteroatoms. The summed E-state index contributed by atoms with van der Waals surface area (Å²) in [5, 5.41) is 2.98. The summed E-state index contributed by atoms with van der Waals surface area (Å²) in [6.07, 6.45) is 0. The van der Waals surface area contributed by atoms with Gasteiger partial charge in [0, 0.05) is 0 Å². The highest BCUT2D eigenvalue weighted by atomic mass is 28.3. The molecule has 0 amide bonds. The van der Waals surface area contributed by atoms with E-state index in [1.807, 2.05) is 0 Å². The van der Waals surface area contributed by atoms with Gasteiger partial charge in [-0.1, -0.05) is 132 Å². The molecular formula is C28H23N3Si. The molecule has 1 aliphatic heterocycles. The first-order chi connectivity index (χ1) is 15.8. The lowest BCUT2D eigenvalue weighted by molar-refractivity contribution is 1.45. The van der Waals surface area contributed by atoms with E-state index in [4.69, 9.17) is 11.1 Å². The van der Waals surface area contributed by atoms with Crippen LogP contribution < -0.4 is 5.19 Å². The molecule has 32 heavy (non-hydrogen) atoms. The van der Waals surface area contributed by atoms with Crippen molar-refractivity contribution in [2.75, 3.05) is 0 Å². The number of hydrogen-bond acceptors (Lipinski definition) is 1. The van der Waals surface area contributed by atoms with Crippen LogP contribution in [-0.2, 0) is 0 Å². The van der Waals surface area contributed by atoms with Gasteiger partial charge in [0.05, 0.1) is 0 Å². The van der Waals surface area contributed by atoms with Crippen molar-refractivity contribution < 1.29 is 0 Å². The summed E-state index contributed by atoms with van der Waals surface area (Å²) in [5.41, 5.74) is 21.5. The van der Waals surface area contributed by atoms with Gasteiger partial charge < -0.3 is 0 Å². The maximum absolute atomic E-state index is 6.86. The zero-order chi connectivity index (χ0) is 22.2. The second-order valence-electron chi connectivity index (χ2n) is 7.46. The summed E-state index contributed by atoms with van der Waals surface area (Å²) in [7, 11) is -1.52. The van der Waals surface area contributed by atoms with Crippen LogP contribution in [0.5, 0.6) is 0 Å². The number of hydrogen-bond donors (Lipinski definition) is 1. The van der Waals surface area contributed by atoms with Crippen molar-refractivity contribution in [1.82, 2.24) is 0 Å². The lowest BCUT2D eigenvalue weighted by Crippen LogP contribution is -2.28. The van der Waals surface area contributed by atoms with Crippen LogP contribution in [0.4, 0.5) is 0 Å². The molecule has 1 unspecified atom stereocenters. The van der Waals surface area contributed by atoms with Gasteiger partial charge in [-0.05, 0) is 43.5 Å². The fraction of sp³-hybridized carbons (Fsp3) is 0. The average Bonchev–Trinajstić information content (AvgIpc) is 3.27. The number of benzene rings is 4. The largest absolute Gasteiger partial charge is 0.127 e. The van der Waals surface area contributed by atoms with Crippen molar-refractivity contribution in [3.63, 3.8) is 0 Å². The van der Waals surface area contributed by atoms with Crippen molar-refractivity contribution >= 4 is 30.3 Å². The normalized spacial score (nSPS) is 14.8.